The number of hydrogen-bond acceptors (Lipinski definition) is 1. The molecule has 16 heavy (non-hydrogen) atoms. The van der Waals surface area contributed by atoms with Gasteiger partial charge >= 0.3 is 5.97 Å². The van der Waals surface area contributed by atoms with E-state index in [1.54, 1.807) is 0 Å². The Kier molecular flexibility index (Phi) is 2.37. The van der Waals surface area contributed by atoms with Crippen molar-refractivity contribution < 1.29 is 14.3 Å². The first-order valence-electron chi connectivity index (χ1n) is 4.59. The molecule has 0 amide bonds. The molecule has 0 atom stereocenters. The zero-order chi connectivity index (χ0) is 11.7. The van der Waals surface area contributed by atoms with Gasteiger partial charge in [0, 0.05) is 10.9 Å². The predicted molar refractivity (Wildman–Crippen MR) is 57.7 cm³/mol. The maximum atomic E-state index is 13.0. The Bertz CT molecular complexity index is 607. The summed E-state index contributed by atoms with van der Waals surface area (Å²) in [7, 11) is 0. The molecular formula is C12H8FNO2. The minimum atomic E-state index is -1.08. The first kappa shape index (κ1) is 10.2. The van der Waals surface area contributed by atoms with Crippen molar-refractivity contribution in [3.8, 4) is 12.3 Å². The highest BCUT2D eigenvalue weighted by atomic mass is 19.1. The van der Waals surface area contributed by atoms with Crippen LogP contribution in [0.3, 0.4) is 0 Å². The lowest BCUT2D eigenvalue weighted by atomic mass is 10.2. The Morgan fingerprint density at radius 2 is 2.25 bits per heavy atom. The summed E-state index contributed by atoms with van der Waals surface area (Å²) in [6.07, 6.45) is 5.17. The molecule has 0 unspecified atom stereocenters. The molecule has 4 heteroatoms. The van der Waals surface area contributed by atoms with Crippen LogP contribution < -0.4 is 0 Å². The molecule has 3 nitrogen and oxygen atoms in total. The third-order valence-corrected chi connectivity index (χ3v) is 2.33. The third-order valence-electron chi connectivity index (χ3n) is 2.33. The summed E-state index contributed by atoms with van der Waals surface area (Å²) < 4.78 is 14.4. The third kappa shape index (κ3) is 1.52. The summed E-state index contributed by atoms with van der Waals surface area (Å²) in [6, 6.07) is 5.50. The fourth-order valence-corrected chi connectivity index (χ4v) is 1.68. The number of rotatable bonds is 2. The number of nitrogens with zero attached hydrogens (tertiary/aromatic N) is 1. The van der Waals surface area contributed by atoms with E-state index in [2.05, 4.69) is 5.92 Å². The van der Waals surface area contributed by atoms with E-state index < -0.39 is 11.8 Å². The first-order chi connectivity index (χ1) is 7.63. The van der Waals surface area contributed by atoms with E-state index >= 15 is 0 Å². The predicted octanol–water partition coefficient (Wildman–Crippen LogP) is 2.11. The largest absolute Gasteiger partial charge is 0.477 e. The van der Waals surface area contributed by atoms with E-state index in [9.17, 15) is 9.18 Å². The highest BCUT2D eigenvalue weighted by Crippen LogP contribution is 2.21. The van der Waals surface area contributed by atoms with Crippen LogP contribution in [0.1, 0.15) is 10.5 Å². The summed E-state index contributed by atoms with van der Waals surface area (Å²) >= 11 is 0. The number of carbonyl (C=O) groups is 1. The minimum absolute atomic E-state index is 0.0681. The van der Waals surface area contributed by atoms with Gasteiger partial charge in [0.15, 0.2) is 0 Å². The molecule has 0 fully saturated rings. The van der Waals surface area contributed by atoms with E-state index in [-0.39, 0.29) is 12.2 Å². The van der Waals surface area contributed by atoms with Gasteiger partial charge in [-0.25, -0.2) is 9.18 Å². The lowest BCUT2D eigenvalue weighted by Gasteiger charge is -2.02. The van der Waals surface area contributed by atoms with Crippen LogP contribution in [0.15, 0.2) is 24.3 Å². The number of aromatic nitrogens is 1. The van der Waals surface area contributed by atoms with Crippen LogP contribution in [0.4, 0.5) is 4.39 Å². The van der Waals surface area contributed by atoms with Crippen LogP contribution in [0, 0.1) is 18.2 Å². The number of halogens is 1. The second kappa shape index (κ2) is 3.70. The van der Waals surface area contributed by atoms with Crippen LogP contribution >= 0.6 is 0 Å². The van der Waals surface area contributed by atoms with Crippen molar-refractivity contribution in [1.29, 1.82) is 0 Å². The van der Waals surface area contributed by atoms with Gasteiger partial charge in [0.05, 0.1) is 6.54 Å². The molecule has 0 saturated carbocycles. The maximum Gasteiger partial charge on any atom is 0.352 e. The molecule has 1 heterocycles. The van der Waals surface area contributed by atoms with Gasteiger partial charge in [0.25, 0.3) is 0 Å². The fourth-order valence-electron chi connectivity index (χ4n) is 1.68. The number of hydrogen-bond donors (Lipinski definition) is 1. The Hall–Kier alpha value is -2.28. The summed E-state index contributed by atoms with van der Waals surface area (Å²) in [5, 5.41) is 9.51. The van der Waals surface area contributed by atoms with Crippen LogP contribution in [-0.2, 0) is 6.54 Å². The number of carboxylic acid groups (broad SMARTS) is 1. The average molecular weight is 217 g/mol. The van der Waals surface area contributed by atoms with Gasteiger partial charge in [-0.15, -0.1) is 6.42 Å². The zero-order valence-electron chi connectivity index (χ0n) is 8.27. The van der Waals surface area contributed by atoms with Gasteiger partial charge in [0.2, 0.25) is 0 Å². The molecule has 1 N–H and O–H groups in total. The van der Waals surface area contributed by atoms with E-state index in [1.165, 1.54) is 28.8 Å². The molecule has 0 bridgehead atoms. The fraction of sp³-hybridized carbons (Fsp3) is 0.0833. The van der Waals surface area contributed by atoms with Crippen molar-refractivity contribution in [3.63, 3.8) is 0 Å². The van der Waals surface area contributed by atoms with Crippen molar-refractivity contribution in [2.45, 2.75) is 6.54 Å². The maximum absolute atomic E-state index is 13.0. The van der Waals surface area contributed by atoms with E-state index in [1.807, 2.05) is 0 Å². The number of carboxylic acids is 1. The highest BCUT2D eigenvalue weighted by molar-refractivity contribution is 5.94. The van der Waals surface area contributed by atoms with Crippen molar-refractivity contribution in [1.82, 2.24) is 4.57 Å². The van der Waals surface area contributed by atoms with Crippen LogP contribution in [-0.4, -0.2) is 15.6 Å². The zero-order valence-corrected chi connectivity index (χ0v) is 8.27. The van der Waals surface area contributed by atoms with E-state index in [4.69, 9.17) is 11.5 Å². The molecular weight excluding hydrogens is 209 g/mol. The van der Waals surface area contributed by atoms with Crippen LogP contribution in [0.5, 0.6) is 0 Å². The molecule has 1 aromatic heterocycles. The molecule has 0 radical (unpaired) electrons. The van der Waals surface area contributed by atoms with Crippen LogP contribution in [0.2, 0.25) is 0 Å². The molecule has 1 aromatic carbocycles. The first-order valence-corrected chi connectivity index (χ1v) is 4.59. The van der Waals surface area contributed by atoms with Crippen molar-refractivity contribution >= 4 is 16.9 Å². The lowest BCUT2D eigenvalue weighted by Crippen LogP contribution is -2.07. The molecule has 0 aliphatic carbocycles. The van der Waals surface area contributed by atoms with Gasteiger partial charge in [-0.2, -0.15) is 0 Å². The minimum Gasteiger partial charge on any atom is -0.477 e. The SMILES string of the molecule is C#CCn1c(C(=O)O)cc2cc(F)ccc21. The molecule has 80 valence electrons. The van der Waals surface area contributed by atoms with Crippen molar-refractivity contribution in [2.24, 2.45) is 0 Å². The molecule has 0 aliphatic heterocycles. The Morgan fingerprint density at radius 3 is 2.88 bits per heavy atom. The monoisotopic (exact) mass is 217 g/mol. The lowest BCUT2D eigenvalue weighted by molar-refractivity contribution is 0.0686. The Morgan fingerprint density at radius 1 is 1.50 bits per heavy atom. The standard InChI is InChI=1S/C12H8FNO2/c1-2-5-14-10-4-3-9(13)6-8(10)7-11(14)12(15)16/h1,3-4,6-7H,5H2,(H,15,16). The van der Waals surface area contributed by atoms with Crippen molar-refractivity contribution in [2.75, 3.05) is 0 Å². The van der Waals surface area contributed by atoms with Gasteiger partial charge < -0.3 is 9.67 Å². The van der Waals surface area contributed by atoms with Gasteiger partial charge in [0.1, 0.15) is 11.5 Å². The smallest absolute Gasteiger partial charge is 0.352 e. The Labute approximate surface area is 91.1 Å². The highest BCUT2D eigenvalue weighted by Gasteiger charge is 2.13. The molecule has 2 rings (SSSR count). The molecule has 0 saturated heterocycles. The van der Waals surface area contributed by atoms with Gasteiger partial charge in [-0.1, -0.05) is 5.92 Å². The van der Waals surface area contributed by atoms with Gasteiger partial charge in [-0.05, 0) is 24.3 Å². The molecule has 0 aliphatic rings. The topological polar surface area (TPSA) is 42.2 Å². The number of fused-ring (bicyclic) bond motifs is 1. The second-order valence-corrected chi connectivity index (χ2v) is 3.33. The van der Waals surface area contributed by atoms with Crippen molar-refractivity contribution in [3.05, 3.63) is 35.8 Å². The van der Waals surface area contributed by atoms with E-state index in [0.717, 1.165) is 0 Å². The number of benzene rings is 1. The second-order valence-electron chi connectivity index (χ2n) is 3.33. The number of aromatic carboxylic acids is 1. The normalized spacial score (nSPS) is 10.2. The summed E-state index contributed by atoms with van der Waals surface area (Å²) in [5.41, 5.74) is 0.690. The van der Waals surface area contributed by atoms with Gasteiger partial charge in [-0.3, -0.25) is 0 Å². The van der Waals surface area contributed by atoms with E-state index in [0.29, 0.717) is 10.9 Å². The Balaban J connectivity index is 2.76. The summed E-state index contributed by atoms with van der Waals surface area (Å²) in [5.74, 6) is 0.900. The summed E-state index contributed by atoms with van der Waals surface area (Å²) in [4.78, 5) is 11.0. The summed E-state index contributed by atoms with van der Waals surface area (Å²) in [6.45, 7) is 0.150. The molecule has 2 aromatic rings. The quantitative estimate of drug-likeness (QED) is 0.783. The average Bonchev–Trinajstić information content (AvgIpc) is 2.57. The molecule has 0 spiro atoms. The number of terminal acetylenes is 1. The van der Waals surface area contributed by atoms with Crippen LogP contribution in [0.25, 0.3) is 10.9 Å².